The molecule has 0 amide bonds. The lowest BCUT2D eigenvalue weighted by Crippen LogP contribution is -2.31. The Bertz CT molecular complexity index is 1760. The Kier molecular flexibility index (Phi) is 9.43. The molecule has 43 heavy (non-hydrogen) atoms. The normalized spacial score (nSPS) is 19.0. The lowest BCUT2D eigenvalue weighted by atomic mass is 9.74. The molecule has 6 rings (SSSR count). The number of unbranched alkanes of at least 4 members (excludes halogenated alkanes) is 5. The largest absolute Gasteiger partial charge is 0.494 e. The highest BCUT2D eigenvalue weighted by atomic mass is 32.2. The number of hydrogen-bond acceptors (Lipinski definition) is 1. The van der Waals surface area contributed by atoms with Gasteiger partial charge in [-0.05, 0) is 97.3 Å². The molecule has 0 N–H and O–H groups in total. The van der Waals surface area contributed by atoms with Gasteiger partial charge in [-0.1, -0.05) is 126 Å². The van der Waals surface area contributed by atoms with Crippen LogP contribution in [0, 0.1) is 10.4 Å². The average Bonchev–Trinajstić information content (AvgIpc) is 3.25. The van der Waals surface area contributed by atoms with Crippen LogP contribution in [0.2, 0.25) is 0 Å². The summed E-state index contributed by atoms with van der Waals surface area (Å²) in [6.45, 7) is 7.90. The smallest absolute Gasteiger partial charge is 0.119 e. The van der Waals surface area contributed by atoms with E-state index >= 15 is 0 Å². The maximum Gasteiger partial charge on any atom is 0.119 e. The number of allylic oxidation sites excluding steroid dienone is 5. The second-order valence-electron chi connectivity index (χ2n) is 13.0. The monoisotopic (exact) mass is 588 g/mol. The molecule has 1 atom stereocenters. The van der Waals surface area contributed by atoms with E-state index in [1.807, 2.05) is 0 Å². The molecule has 1 nitrogen and oxygen atoms in total. The number of thiol groups is 1. The van der Waals surface area contributed by atoms with Gasteiger partial charge in [0.15, 0.2) is 0 Å². The summed E-state index contributed by atoms with van der Waals surface area (Å²) in [4.78, 5) is 1.55. The number of hydrogen-bond donors (Lipinski definition) is 1. The molecule has 1 heterocycles. The third-order valence-corrected chi connectivity index (χ3v) is 11.6. The molecule has 2 heteroatoms. The van der Waals surface area contributed by atoms with E-state index < -0.39 is 10.9 Å². The van der Waals surface area contributed by atoms with Gasteiger partial charge in [0, 0.05) is 11.2 Å². The van der Waals surface area contributed by atoms with Crippen LogP contribution in [0.3, 0.4) is 0 Å². The summed E-state index contributed by atoms with van der Waals surface area (Å²) < 4.78 is 6.23. The fourth-order valence-corrected chi connectivity index (χ4v) is 9.46. The highest BCUT2D eigenvalue weighted by Crippen LogP contribution is 2.47. The first kappa shape index (κ1) is 29.8. The highest BCUT2D eigenvalue weighted by molar-refractivity contribution is 8.22. The van der Waals surface area contributed by atoms with Crippen molar-refractivity contribution in [1.82, 2.24) is 0 Å². The third-order valence-electron chi connectivity index (χ3n) is 9.29. The molecule has 0 fully saturated rings. The van der Waals surface area contributed by atoms with Gasteiger partial charge >= 0.3 is 0 Å². The Balaban J connectivity index is 1.37. The lowest BCUT2D eigenvalue weighted by molar-refractivity contribution is 0.304. The van der Waals surface area contributed by atoms with Gasteiger partial charge in [-0.25, -0.2) is 10.9 Å². The summed E-state index contributed by atoms with van der Waals surface area (Å²) in [6.07, 6.45) is 22.9. The zero-order chi connectivity index (χ0) is 29.6. The van der Waals surface area contributed by atoms with Gasteiger partial charge in [0.1, 0.15) is 5.75 Å². The molecule has 0 radical (unpaired) electrons. The highest BCUT2D eigenvalue weighted by Gasteiger charge is 2.28. The van der Waals surface area contributed by atoms with E-state index in [1.165, 1.54) is 70.5 Å². The average molecular weight is 589 g/mol. The van der Waals surface area contributed by atoms with Gasteiger partial charge in [-0.15, -0.1) is 0 Å². The summed E-state index contributed by atoms with van der Waals surface area (Å²) in [5, 5.41) is 8.03. The van der Waals surface area contributed by atoms with Crippen LogP contribution in [0.4, 0.5) is 0 Å². The molecule has 0 aromatic heterocycles. The minimum atomic E-state index is -0.418. The van der Waals surface area contributed by atoms with Crippen LogP contribution >= 0.6 is 10.9 Å². The first-order chi connectivity index (χ1) is 21.0. The van der Waals surface area contributed by atoms with Crippen molar-refractivity contribution in [2.24, 2.45) is 0 Å². The molecular formula is C41H48OS. The quantitative estimate of drug-likeness (QED) is 0.173. The molecule has 3 aromatic carbocycles. The second kappa shape index (κ2) is 13.6. The minimum Gasteiger partial charge on any atom is -0.494 e. The molecule has 224 valence electrons. The topological polar surface area (TPSA) is 9.23 Å². The van der Waals surface area contributed by atoms with Crippen LogP contribution in [0.1, 0.15) is 88.8 Å². The van der Waals surface area contributed by atoms with E-state index in [0.29, 0.717) is 0 Å². The standard InChI is InChI=1S/C41H48OS/c1-4-5-6-7-8-14-26-42-33-22-23-34-32(28-33)29-41(2,3)40-37-20-16-19-36(35(37)24-25-38(34)40)39-21-13-10-15-27-43(39)30-31-17-11-9-12-18-31/h9-13,15,17-18,21-25,27-29,43H,4-8,14,16,19-20,26,30H2,1-3H3. The molecule has 0 bridgehead atoms. The van der Waals surface area contributed by atoms with E-state index in [1.54, 1.807) is 16.0 Å². The SMILES string of the molecule is CCCCCCCCOc1ccc2c(c1)=CC(C)(C)c1c3c(ccc1=2)=C(C1=CC=CC=C[SH]1Cc1ccccc1)CCC3. The van der Waals surface area contributed by atoms with E-state index in [4.69, 9.17) is 4.74 Å². The van der Waals surface area contributed by atoms with Crippen molar-refractivity contribution < 1.29 is 4.74 Å². The second-order valence-corrected chi connectivity index (χ2v) is 15.0. The molecule has 1 unspecified atom stereocenters. The van der Waals surface area contributed by atoms with Crippen molar-refractivity contribution >= 4 is 22.5 Å². The van der Waals surface area contributed by atoms with Crippen molar-refractivity contribution in [3.05, 3.63) is 133 Å². The Morgan fingerprint density at radius 3 is 2.44 bits per heavy atom. The molecule has 2 aliphatic carbocycles. The number of rotatable bonds is 11. The molecule has 0 saturated heterocycles. The van der Waals surface area contributed by atoms with Crippen LogP contribution < -0.4 is 15.2 Å². The summed E-state index contributed by atoms with van der Waals surface area (Å²) >= 11 is 0. The Labute approximate surface area is 261 Å². The fraction of sp³-hybridized carbons (Fsp3) is 0.366. The van der Waals surface area contributed by atoms with Gasteiger partial charge in [0.2, 0.25) is 0 Å². The van der Waals surface area contributed by atoms with Crippen molar-refractivity contribution in [3.63, 3.8) is 0 Å². The Morgan fingerprint density at radius 2 is 1.58 bits per heavy atom. The van der Waals surface area contributed by atoms with Crippen LogP contribution in [0.25, 0.3) is 11.6 Å². The predicted octanol–water partition coefficient (Wildman–Crippen LogP) is 9.44. The molecule has 0 saturated carbocycles. The maximum absolute atomic E-state index is 6.23. The molecule has 3 aromatic rings. The van der Waals surface area contributed by atoms with Crippen LogP contribution in [-0.4, -0.2) is 6.61 Å². The zero-order valence-electron chi connectivity index (χ0n) is 26.4. The van der Waals surface area contributed by atoms with Crippen molar-refractivity contribution in [3.8, 4) is 5.75 Å². The summed E-state index contributed by atoms with van der Waals surface area (Å²) in [6, 6.07) is 22.7. The fourth-order valence-electron chi connectivity index (χ4n) is 7.25. The first-order valence-electron chi connectivity index (χ1n) is 16.6. The number of ether oxygens (including phenoxy) is 1. The van der Waals surface area contributed by atoms with Gasteiger partial charge in [0.25, 0.3) is 0 Å². The van der Waals surface area contributed by atoms with Crippen molar-refractivity contribution in [1.29, 1.82) is 0 Å². The van der Waals surface area contributed by atoms with Gasteiger partial charge in [-0.3, -0.25) is 0 Å². The van der Waals surface area contributed by atoms with Crippen LogP contribution in [0.5, 0.6) is 5.75 Å². The van der Waals surface area contributed by atoms with E-state index in [-0.39, 0.29) is 5.41 Å². The third kappa shape index (κ3) is 6.65. The van der Waals surface area contributed by atoms with E-state index in [2.05, 4.69) is 117 Å². The minimum absolute atomic E-state index is 0.0412. The molecular weight excluding hydrogens is 541 g/mol. The van der Waals surface area contributed by atoms with Crippen LogP contribution in [-0.2, 0) is 17.6 Å². The molecule has 1 aliphatic heterocycles. The maximum atomic E-state index is 6.23. The first-order valence-corrected chi connectivity index (χ1v) is 18.2. The molecule has 3 aliphatic rings. The van der Waals surface area contributed by atoms with Gasteiger partial charge in [0.05, 0.1) is 6.61 Å². The van der Waals surface area contributed by atoms with Crippen molar-refractivity contribution in [2.45, 2.75) is 89.7 Å². The van der Waals surface area contributed by atoms with Gasteiger partial charge < -0.3 is 4.74 Å². The van der Waals surface area contributed by atoms with Gasteiger partial charge in [-0.2, -0.15) is 0 Å². The lowest BCUT2D eigenvalue weighted by Gasteiger charge is -2.32. The number of benzene rings is 3. The summed E-state index contributed by atoms with van der Waals surface area (Å²) in [5.41, 5.74) is 6.06. The Hall–Kier alpha value is -3.23. The zero-order valence-corrected chi connectivity index (χ0v) is 27.3. The van der Waals surface area contributed by atoms with Crippen LogP contribution in [0.15, 0.2) is 95.3 Å². The van der Waals surface area contributed by atoms with E-state index in [0.717, 1.165) is 37.4 Å². The Morgan fingerprint density at radius 1 is 0.791 bits per heavy atom. The van der Waals surface area contributed by atoms with Crippen molar-refractivity contribution in [2.75, 3.05) is 6.61 Å². The molecule has 0 spiro atoms. The number of fused-ring (bicyclic) bond motifs is 4. The van der Waals surface area contributed by atoms with E-state index in [9.17, 15) is 0 Å². The predicted molar refractivity (Wildman–Crippen MR) is 188 cm³/mol. The summed E-state index contributed by atoms with van der Waals surface area (Å²) in [7, 11) is -0.418. The summed E-state index contributed by atoms with van der Waals surface area (Å²) in [5.74, 6) is 2.10.